The summed E-state index contributed by atoms with van der Waals surface area (Å²) in [5.74, 6) is -1.21. The van der Waals surface area contributed by atoms with Gasteiger partial charge in [0.1, 0.15) is 6.04 Å². The summed E-state index contributed by atoms with van der Waals surface area (Å²) in [6.07, 6.45) is 6.94. The van der Waals surface area contributed by atoms with Gasteiger partial charge in [0.2, 0.25) is 23.6 Å². The van der Waals surface area contributed by atoms with Crippen molar-refractivity contribution in [3.8, 4) is 0 Å². The zero-order chi connectivity index (χ0) is 24.9. The second-order valence-corrected chi connectivity index (χ2v) is 10.3. The summed E-state index contributed by atoms with van der Waals surface area (Å²) in [5.41, 5.74) is 0.775. The van der Waals surface area contributed by atoms with Gasteiger partial charge in [0.05, 0.1) is 18.4 Å². The molecule has 2 aliphatic heterocycles. The van der Waals surface area contributed by atoms with Crippen LogP contribution in [0.2, 0.25) is 0 Å². The second kappa shape index (κ2) is 11.2. The molecule has 1 aliphatic carbocycles. The van der Waals surface area contributed by atoms with Crippen molar-refractivity contribution in [1.29, 1.82) is 0 Å². The minimum atomic E-state index is -0.768. The summed E-state index contributed by atoms with van der Waals surface area (Å²) >= 11 is 0. The number of imide groups is 1. The van der Waals surface area contributed by atoms with E-state index in [4.69, 9.17) is 0 Å². The number of carbonyl (C=O) groups is 4. The van der Waals surface area contributed by atoms with E-state index in [9.17, 15) is 19.2 Å². The van der Waals surface area contributed by atoms with Crippen LogP contribution in [0.4, 0.5) is 5.69 Å². The minimum absolute atomic E-state index is 0.0395. The summed E-state index contributed by atoms with van der Waals surface area (Å²) in [7, 11) is 0. The molecule has 2 heterocycles. The smallest absolute Gasteiger partial charge is 0.243 e. The van der Waals surface area contributed by atoms with Crippen LogP contribution < -0.4 is 10.6 Å². The van der Waals surface area contributed by atoms with Gasteiger partial charge in [-0.1, -0.05) is 44.2 Å². The zero-order valence-electron chi connectivity index (χ0n) is 20.6. The number of hydrogen-bond donors (Lipinski definition) is 2. The van der Waals surface area contributed by atoms with Gasteiger partial charge in [-0.2, -0.15) is 0 Å². The number of nitrogens with one attached hydrogen (secondary N) is 2. The lowest BCUT2D eigenvalue weighted by Crippen LogP contribution is -2.54. The van der Waals surface area contributed by atoms with E-state index in [0.717, 1.165) is 18.5 Å². The van der Waals surface area contributed by atoms with Crippen molar-refractivity contribution in [2.24, 2.45) is 17.8 Å². The topological polar surface area (TPSA) is 98.8 Å². The molecular formula is C27H36N4O4. The number of para-hydroxylation sites is 1. The first kappa shape index (κ1) is 25.1. The van der Waals surface area contributed by atoms with Crippen molar-refractivity contribution < 1.29 is 19.2 Å². The SMILES string of the molecule is CC(C)CC(C(=O)NC1CCN(CC(=O)Nc2ccccc2)CC1)N1C(=O)C2CC=CCC2C1=O. The highest BCUT2D eigenvalue weighted by Gasteiger charge is 2.51. The lowest BCUT2D eigenvalue weighted by Gasteiger charge is -2.34. The third-order valence-corrected chi connectivity index (χ3v) is 7.21. The number of hydrogen-bond acceptors (Lipinski definition) is 5. The molecule has 2 fully saturated rings. The van der Waals surface area contributed by atoms with Crippen molar-refractivity contribution in [2.75, 3.05) is 25.0 Å². The lowest BCUT2D eigenvalue weighted by molar-refractivity contribution is -0.148. The first-order chi connectivity index (χ1) is 16.8. The summed E-state index contributed by atoms with van der Waals surface area (Å²) in [6, 6.07) is 8.57. The Morgan fingerprint density at radius 3 is 2.14 bits per heavy atom. The number of amides is 4. The Morgan fingerprint density at radius 1 is 0.971 bits per heavy atom. The molecule has 8 heteroatoms. The van der Waals surface area contributed by atoms with E-state index >= 15 is 0 Å². The number of fused-ring (bicyclic) bond motifs is 1. The third-order valence-electron chi connectivity index (χ3n) is 7.21. The predicted molar refractivity (Wildman–Crippen MR) is 133 cm³/mol. The van der Waals surface area contributed by atoms with Crippen molar-refractivity contribution >= 4 is 29.3 Å². The molecule has 2 N–H and O–H groups in total. The van der Waals surface area contributed by atoms with E-state index in [0.29, 0.717) is 38.9 Å². The highest BCUT2D eigenvalue weighted by atomic mass is 16.2. The highest BCUT2D eigenvalue weighted by molar-refractivity contribution is 6.08. The Morgan fingerprint density at radius 2 is 1.57 bits per heavy atom. The van der Waals surface area contributed by atoms with Gasteiger partial charge in [-0.3, -0.25) is 29.0 Å². The van der Waals surface area contributed by atoms with Crippen molar-refractivity contribution in [1.82, 2.24) is 15.1 Å². The van der Waals surface area contributed by atoms with Gasteiger partial charge in [0.25, 0.3) is 0 Å². The molecule has 1 aromatic carbocycles. The average molecular weight is 481 g/mol. The number of carbonyl (C=O) groups excluding carboxylic acids is 4. The standard InChI is InChI=1S/C27H36N4O4/c1-18(2)16-23(31-26(34)21-10-6-7-11-22(21)27(31)35)25(33)29-20-12-14-30(15-13-20)17-24(32)28-19-8-4-3-5-9-19/h3-9,18,20-23H,10-17H2,1-2H3,(H,28,32)(H,29,33). The molecular weight excluding hydrogens is 444 g/mol. The molecule has 0 saturated carbocycles. The molecule has 1 aromatic rings. The Labute approximate surface area is 207 Å². The summed E-state index contributed by atoms with van der Waals surface area (Å²) in [5, 5.41) is 6.01. The van der Waals surface area contributed by atoms with E-state index in [-0.39, 0.29) is 47.4 Å². The van der Waals surface area contributed by atoms with Gasteiger partial charge >= 0.3 is 0 Å². The Bertz CT molecular complexity index is 943. The van der Waals surface area contributed by atoms with Gasteiger partial charge in [-0.25, -0.2) is 0 Å². The van der Waals surface area contributed by atoms with Gasteiger partial charge in [0, 0.05) is 24.8 Å². The molecule has 3 unspecified atom stereocenters. The Balaban J connectivity index is 1.31. The molecule has 0 spiro atoms. The van der Waals surface area contributed by atoms with Crippen LogP contribution >= 0.6 is 0 Å². The first-order valence-electron chi connectivity index (χ1n) is 12.7. The molecule has 0 bridgehead atoms. The molecule has 4 amide bonds. The molecule has 0 radical (unpaired) electrons. The minimum Gasteiger partial charge on any atom is -0.351 e. The normalized spacial score (nSPS) is 23.9. The van der Waals surface area contributed by atoms with E-state index in [1.807, 2.05) is 56.3 Å². The van der Waals surface area contributed by atoms with Crippen LogP contribution in [0.25, 0.3) is 0 Å². The largest absolute Gasteiger partial charge is 0.351 e. The van der Waals surface area contributed by atoms with Crippen LogP contribution in [0, 0.1) is 17.8 Å². The molecule has 4 rings (SSSR count). The van der Waals surface area contributed by atoms with Gasteiger partial charge < -0.3 is 10.6 Å². The van der Waals surface area contributed by atoms with Gasteiger partial charge in [-0.05, 0) is 50.2 Å². The van der Waals surface area contributed by atoms with E-state index in [1.165, 1.54) is 4.90 Å². The van der Waals surface area contributed by atoms with E-state index in [2.05, 4.69) is 15.5 Å². The maximum atomic E-state index is 13.3. The van der Waals surface area contributed by atoms with Crippen LogP contribution in [-0.4, -0.2) is 65.1 Å². The van der Waals surface area contributed by atoms with E-state index in [1.54, 1.807) is 0 Å². The fourth-order valence-electron chi connectivity index (χ4n) is 5.37. The van der Waals surface area contributed by atoms with Crippen molar-refractivity contribution in [3.63, 3.8) is 0 Å². The summed E-state index contributed by atoms with van der Waals surface area (Å²) < 4.78 is 0. The van der Waals surface area contributed by atoms with Crippen LogP contribution in [0.15, 0.2) is 42.5 Å². The van der Waals surface area contributed by atoms with Crippen LogP contribution in [0.3, 0.4) is 0 Å². The number of anilines is 1. The number of allylic oxidation sites excluding steroid dienone is 2. The second-order valence-electron chi connectivity index (χ2n) is 10.3. The molecule has 188 valence electrons. The summed E-state index contributed by atoms with van der Waals surface area (Å²) in [6.45, 7) is 5.69. The molecule has 3 atom stereocenters. The van der Waals surface area contributed by atoms with Crippen molar-refractivity contribution in [3.05, 3.63) is 42.5 Å². The van der Waals surface area contributed by atoms with Crippen LogP contribution in [0.5, 0.6) is 0 Å². The fourth-order valence-corrected chi connectivity index (χ4v) is 5.37. The van der Waals surface area contributed by atoms with Crippen LogP contribution in [0.1, 0.15) is 46.0 Å². The number of likely N-dealkylation sites (tertiary alicyclic amines) is 2. The van der Waals surface area contributed by atoms with Crippen LogP contribution in [-0.2, 0) is 19.2 Å². The van der Waals surface area contributed by atoms with E-state index < -0.39 is 6.04 Å². The quantitative estimate of drug-likeness (QED) is 0.440. The third kappa shape index (κ3) is 5.99. The summed E-state index contributed by atoms with van der Waals surface area (Å²) in [4.78, 5) is 55.2. The Kier molecular flexibility index (Phi) is 8.00. The maximum Gasteiger partial charge on any atom is 0.243 e. The molecule has 8 nitrogen and oxygen atoms in total. The fraction of sp³-hybridized carbons (Fsp3) is 0.556. The number of nitrogens with zero attached hydrogens (tertiary/aromatic N) is 2. The average Bonchev–Trinajstić information content (AvgIpc) is 3.09. The lowest BCUT2D eigenvalue weighted by atomic mass is 9.85. The molecule has 0 aromatic heterocycles. The first-order valence-corrected chi connectivity index (χ1v) is 12.7. The molecule has 2 saturated heterocycles. The number of piperidine rings is 1. The Hall–Kier alpha value is -3.00. The van der Waals surface area contributed by atoms with Crippen molar-refractivity contribution in [2.45, 2.75) is 58.0 Å². The molecule has 3 aliphatic rings. The van der Waals surface area contributed by atoms with Gasteiger partial charge in [-0.15, -0.1) is 0 Å². The number of rotatable bonds is 8. The number of benzene rings is 1. The zero-order valence-corrected chi connectivity index (χ0v) is 20.6. The van der Waals surface area contributed by atoms with Gasteiger partial charge in [0.15, 0.2) is 0 Å². The predicted octanol–water partition coefficient (Wildman–Crippen LogP) is 2.57. The molecule has 35 heavy (non-hydrogen) atoms. The highest BCUT2D eigenvalue weighted by Crippen LogP contribution is 2.37. The monoisotopic (exact) mass is 480 g/mol. The maximum absolute atomic E-state index is 13.3.